The molecule has 10 heteroatoms. The number of hydrogen-bond donors (Lipinski definition) is 5. The molecule has 0 aliphatic rings. The van der Waals surface area contributed by atoms with Crippen molar-refractivity contribution in [3.63, 3.8) is 0 Å². The van der Waals surface area contributed by atoms with Gasteiger partial charge >= 0.3 is 0 Å². The molecule has 3 rings (SSSR count). The number of rotatable bonds is 11. The second kappa shape index (κ2) is 14.4. The molecule has 8 nitrogen and oxygen atoms in total. The quantitative estimate of drug-likeness (QED) is 0.119. The molecular weight excluding hydrogens is 469 g/mol. The number of thioether (sulfide) groups is 1. The van der Waals surface area contributed by atoms with Gasteiger partial charge in [-0.3, -0.25) is 14.6 Å². The summed E-state index contributed by atoms with van der Waals surface area (Å²) in [5.74, 6) is -0.436. The van der Waals surface area contributed by atoms with Gasteiger partial charge in [-0.05, 0) is 66.0 Å². The van der Waals surface area contributed by atoms with Gasteiger partial charge in [0.05, 0.1) is 12.5 Å². The van der Waals surface area contributed by atoms with Crippen LogP contribution in [0.5, 0.6) is 0 Å². The van der Waals surface area contributed by atoms with Crippen LogP contribution in [-0.2, 0) is 4.79 Å². The lowest BCUT2D eigenvalue weighted by molar-refractivity contribution is -0.114. The van der Waals surface area contributed by atoms with E-state index < -0.39 is 5.91 Å². The summed E-state index contributed by atoms with van der Waals surface area (Å²) in [5.41, 5.74) is 7.75. The Morgan fingerprint density at radius 2 is 1.77 bits per heavy atom. The van der Waals surface area contributed by atoms with E-state index in [1.54, 1.807) is 37.4 Å². The van der Waals surface area contributed by atoms with E-state index in [1.165, 1.54) is 23.9 Å². The number of aldehydes is 1. The van der Waals surface area contributed by atoms with E-state index in [0.29, 0.717) is 23.0 Å². The largest absolute Gasteiger partial charge is 0.395 e. The Morgan fingerprint density at radius 3 is 2.37 bits per heavy atom. The number of amides is 1. The number of nitrogens with zero attached hydrogens (tertiary/aromatic N) is 1. The molecule has 0 aromatic heterocycles. The van der Waals surface area contributed by atoms with E-state index in [0.717, 1.165) is 28.4 Å². The SMILES string of the molecule is C=N/C(C(N)=O)=C(/NC)SCNc1ccc2ccc(F)cc2c1.O=Cc1ccc(NCCO)cc1. The molecule has 0 saturated heterocycles. The first kappa shape index (κ1) is 27.4. The number of benzene rings is 3. The number of nitrogens with two attached hydrogens (primary N) is 1. The van der Waals surface area contributed by atoms with Crippen molar-refractivity contribution in [1.82, 2.24) is 5.32 Å². The maximum Gasteiger partial charge on any atom is 0.269 e. The number of aliphatic hydroxyl groups is 1. The van der Waals surface area contributed by atoms with Crippen molar-refractivity contribution in [2.75, 3.05) is 36.7 Å². The average molecular weight is 498 g/mol. The Kier molecular flexibility index (Phi) is 11.2. The average Bonchev–Trinajstić information content (AvgIpc) is 2.87. The van der Waals surface area contributed by atoms with Crippen molar-refractivity contribution in [3.8, 4) is 0 Å². The summed E-state index contributed by atoms with van der Waals surface area (Å²) in [6.45, 7) is 3.98. The van der Waals surface area contributed by atoms with Crippen LogP contribution >= 0.6 is 11.8 Å². The molecule has 35 heavy (non-hydrogen) atoms. The molecule has 0 atom stereocenters. The number of carbonyl (C=O) groups is 2. The van der Waals surface area contributed by atoms with Crippen molar-refractivity contribution in [1.29, 1.82) is 0 Å². The number of nitrogens with one attached hydrogen (secondary N) is 3. The molecular formula is C25H28FN5O3S. The standard InChI is InChI=1S/C16H17FN4OS.C9H11NO2/c1-19-14(15(18)22)16(20-2)23-9-21-13-6-4-10-3-5-12(17)7-11(10)8-13;11-6-5-10-9-3-1-8(7-12)2-4-9/h3-8,20-21H,1,9H2,2H3,(H2,18,22);1-4,7,10-11H,5-6H2/b16-14-;. The summed E-state index contributed by atoms with van der Waals surface area (Å²) < 4.78 is 13.3. The fourth-order valence-electron chi connectivity index (χ4n) is 2.92. The van der Waals surface area contributed by atoms with Gasteiger partial charge < -0.3 is 26.8 Å². The normalized spacial score (nSPS) is 10.9. The summed E-state index contributed by atoms with van der Waals surface area (Å²) >= 11 is 1.33. The lowest BCUT2D eigenvalue weighted by Crippen LogP contribution is -2.19. The zero-order valence-corrected chi connectivity index (χ0v) is 20.1. The maximum atomic E-state index is 13.3. The zero-order chi connectivity index (χ0) is 25.6. The predicted octanol–water partition coefficient (Wildman–Crippen LogP) is 3.56. The van der Waals surface area contributed by atoms with E-state index in [9.17, 15) is 14.0 Å². The Labute approximate surface area is 207 Å². The molecule has 0 aliphatic heterocycles. The van der Waals surface area contributed by atoms with E-state index in [4.69, 9.17) is 10.8 Å². The van der Waals surface area contributed by atoms with Crippen LogP contribution in [0.4, 0.5) is 15.8 Å². The van der Waals surface area contributed by atoms with Crippen LogP contribution in [0.25, 0.3) is 10.8 Å². The highest BCUT2D eigenvalue weighted by Crippen LogP contribution is 2.22. The molecule has 184 valence electrons. The van der Waals surface area contributed by atoms with Gasteiger partial charge in [-0.1, -0.05) is 23.9 Å². The highest BCUT2D eigenvalue weighted by Gasteiger charge is 2.10. The fourth-order valence-corrected chi connectivity index (χ4v) is 3.75. The van der Waals surface area contributed by atoms with E-state index in [-0.39, 0.29) is 18.1 Å². The van der Waals surface area contributed by atoms with Crippen LogP contribution in [0.1, 0.15) is 10.4 Å². The molecule has 0 saturated carbocycles. The lowest BCUT2D eigenvalue weighted by atomic mass is 10.1. The summed E-state index contributed by atoms with van der Waals surface area (Å²) in [5, 5.41) is 19.9. The first-order valence-corrected chi connectivity index (χ1v) is 11.5. The van der Waals surface area contributed by atoms with Crippen molar-refractivity contribution >= 4 is 52.8 Å². The molecule has 0 heterocycles. The zero-order valence-electron chi connectivity index (χ0n) is 19.3. The van der Waals surface area contributed by atoms with Crippen LogP contribution < -0.4 is 21.7 Å². The smallest absolute Gasteiger partial charge is 0.269 e. The highest BCUT2D eigenvalue weighted by molar-refractivity contribution is 8.03. The molecule has 0 unspecified atom stereocenters. The Hall–Kier alpha value is -3.89. The first-order valence-electron chi connectivity index (χ1n) is 10.6. The fraction of sp³-hybridized carbons (Fsp3) is 0.160. The second-order valence-electron chi connectivity index (χ2n) is 7.01. The van der Waals surface area contributed by atoms with Crippen molar-refractivity contribution in [2.24, 2.45) is 10.7 Å². The Balaban J connectivity index is 0.000000303. The number of fused-ring (bicyclic) bond motifs is 1. The van der Waals surface area contributed by atoms with E-state index >= 15 is 0 Å². The number of halogens is 1. The minimum atomic E-state index is -0.641. The van der Waals surface area contributed by atoms with Gasteiger partial charge in [-0.25, -0.2) is 4.39 Å². The van der Waals surface area contributed by atoms with E-state index in [2.05, 4.69) is 27.7 Å². The van der Waals surface area contributed by atoms with Gasteiger partial charge in [0.15, 0.2) is 5.70 Å². The van der Waals surface area contributed by atoms with E-state index in [1.807, 2.05) is 18.2 Å². The number of aliphatic hydroxyl groups excluding tert-OH is 1. The Bertz CT molecular complexity index is 1190. The highest BCUT2D eigenvalue weighted by atomic mass is 32.2. The summed E-state index contributed by atoms with van der Waals surface area (Å²) in [4.78, 5) is 25.2. The molecule has 0 bridgehead atoms. The first-order chi connectivity index (χ1) is 16.9. The molecule has 0 aliphatic carbocycles. The van der Waals surface area contributed by atoms with Crippen LogP contribution in [0, 0.1) is 5.82 Å². The molecule has 3 aromatic rings. The van der Waals surface area contributed by atoms with Crippen molar-refractivity contribution in [3.05, 3.63) is 82.8 Å². The molecule has 0 fully saturated rings. The minimum Gasteiger partial charge on any atom is -0.395 e. The molecule has 1 amide bonds. The third-order valence-corrected chi connectivity index (χ3v) is 5.59. The van der Waals surface area contributed by atoms with Crippen LogP contribution in [0.3, 0.4) is 0 Å². The van der Waals surface area contributed by atoms with Gasteiger partial charge in [0, 0.05) is 30.5 Å². The van der Waals surface area contributed by atoms with Crippen molar-refractivity contribution in [2.45, 2.75) is 0 Å². The number of carbonyl (C=O) groups excluding carboxylic acids is 2. The monoisotopic (exact) mass is 497 g/mol. The van der Waals surface area contributed by atoms with Crippen molar-refractivity contribution < 1.29 is 19.1 Å². The molecule has 0 radical (unpaired) electrons. The van der Waals surface area contributed by atoms with Crippen LogP contribution in [-0.4, -0.2) is 50.1 Å². The number of primary amides is 1. The van der Waals surface area contributed by atoms with Gasteiger partial charge in [-0.2, -0.15) is 0 Å². The minimum absolute atomic E-state index is 0.0971. The lowest BCUT2D eigenvalue weighted by Gasteiger charge is -2.11. The number of anilines is 2. The second-order valence-corrected chi connectivity index (χ2v) is 8.00. The number of hydrogen-bond acceptors (Lipinski definition) is 8. The molecule has 3 aromatic carbocycles. The summed E-state index contributed by atoms with van der Waals surface area (Å²) in [6, 6.07) is 17.4. The van der Waals surface area contributed by atoms with Crippen LogP contribution in [0.2, 0.25) is 0 Å². The van der Waals surface area contributed by atoms with Crippen LogP contribution in [0.15, 0.2) is 76.4 Å². The third kappa shape index (κ3) is 8.76. The Morgan fingerprint density at radius 1 is 1.09 bits per heavy atom. The van der Waals surface area contributed by atoms with Gasteiger partial charge in [-0.15, -0.1) is 0 Å². The number of aliphatic imine (C=N–C) groups is 1. The third-order valence-electron chi connectivity index (χ3n) is 4.62. The predicted molar refractivity (Wildman–Crippen MR) is 142 cm³/mol. The maximum absolute atomic E-state index is 13.3. The topological polar surface area (TPSA) is 129 Å². The molecule has 0 spiro atoms. The van der Waals surface area contributed by atoms with Gasteiger partial charge in [0.25, 0.3) is 5.91 Å². The molecule has 6 N–H and O–H groups in total. The van der Waals surface area contributed by atoms with Gasteiger partial charge in [0.1, 0.15) is 17.1 Å². The summed E-state index contributed by atoms with van der Waals surface area (Å²) in [7, 11) is 1.68. The van der Waals surface area contributed by atoms with Gasteiger partial charge in [0.2, 0.25) is 0 Å². The summed E-state index contributed by atoms with van der Waals surface area (Å²) in [6.07, 6.45) is 0.801.